The number of halogens is 2. The lowest BCUT2D eigenvalue weighted by molar-refractivity contribution is -0.120. The molecule has 0 bridgehead atoms. The molecule has 140 valence electrons. The van der Waals surface area contributed by atoms with Crippen molar-refractivity contribution in [2.75, 3.05) is 17.1 Å². The molecule has 26 heavy (non-hydrogen) atoms. The van der Waals surface area contributed by atoms with Crippen molar-refractivity contribution in [1.82, 2.24) is 5.32 Å². The quantitative estimate of drug-likeness (QED) is 0.801. The van der Waals surface area contributed by atoms with Gasteiger partial charge in [0.25, 0.3) is 0 Å². The van der Waals surface area contributed by atoms with Crippen LogP contribution in [0.3, 0.4) is 0 Å². The minimum atomic E-state index is -3.87. The predicted octanol–water partition coefficient (Wildman–Crippen LogP) is 3.00. The lowest BCUT2D eigenvalue weighted by atomic mass is 10.0. The molecule has 0 heterocycles. The zero-order chi connectivity index (χ0) is 19.3. The van der Waals surface area contributed by atoms with E-state index in [0.29, 0.717) is 6.42 Å². The summed E-state index contributed by atoms with van der Waals surface area (Å²) in [4.78, 5) is 12.4. The van der Waals surface area contributed by atoms with Gasteiger partial charge >= 0.3 is 0 Å². The number of sulfonamides is 1. The Labute approximate surface area is 151 Å². The molecule has 0 spiro atoms. The third-order valence-corrected chi connectivity index (χ3v) is 4.96. The summed E-state index contributed by atoms with van der Waals surface area (Å²) in [6, 6.07) is 11.7. The zero-order valence-corrected chi connectivity index (χ0v) is 15.3. The van der Waals surface area contributed by atoms with Crippen molar-refractivity contribution in [1.29, 1.82) is 0 Å². The highest BCUT2D eigenvalue weighted by Crippen LogP contribution is 2.21. The number of carbonyl (C=O) groups excluding carboxylic acids is 1. The van der Waals surface area contributed by atoms with Gasteiger partial charge in [-0.3, -0.25) is 9.10 Å². The molecular formula is C18H20F2N2O3S. The molecular weight excluding hydrogens is 362 g/mol. The van der Waals surface area contributed by atoms with Gasteiger partial charge in [-0.05, 0) is 24.1 Å². The van der Waals surface area contributed by atoms with Crippen LogP contribution >= 0.6 is 0 Å². The van der Waals surface area contributed by atoms with Gasteiger partial charge in [0, 0.05) is 6.07 Å². The Bertz CT molecular complexity index is 873. The van der Waals surface area contributed by atoms with Crippen molar-refractivity contribution in [3.63, 3.8) is 0 Å². The van der Waals surface area contributed by atoms with Crippen LogP contribution in [0.25, 0.3) is 0 Å². The summed E-state index contributed by atoms with van der Waals surface area (Å²) in [5.74, 6) is -2.83. The van der Waals surface area contributed by atoms with Crippen molar-refractivity contribution in [2.24, 2.45) is 0 Å². The fourth-order valence-electron chi connectivity index (χ4n) is 2.52. The number of carbonyl (C=O) groups is 1. The Morgan fingerprint density at radius 1 is 1.12 bits per heavy atom. The molecule has 1 N–H and O–H groups in total. The standard InChI is InChI=1S/C18H20F2N2O3S/c1-3-17(13-7-5-4-6-8-13)21-18(23)12-22(26(2,24)25)14-9-10-15(19)16(20)11-14/h4-11,17H,3,12H2,1-2H3,(H,21,23). The van der Waals surface area contributed by atoms with Crippen LogP contribution < -0.4 is 9.62 Å². The number of amides is 1. The summed E-state index contributed by atoms with van der Waals surface area (Å²) < 4.78 is 51.3. The van der Waals surface area contributed by atoms with E-state index in [0.717, 1.165) is 34.3 Å². The van der Waals surface area contributed by atoms with Gasteiger partial charge in [-0.1, -0.05) is 37.3 Å². The monoisotopic (exact) mass is 382 g/mol. The smallest absolute Gasteiger partial charge is 0.241 e. The zero-order valence-electron chi connectivity index (χ0n) is 14.4. The number of anilines is 1. The van der Waals surface area contributed by atoms with Gasteiger partial charge in [0.05, 0.1) is 18.0 Å². The van der Waals surface area contributed by atoms with E-state index in [1.165, 1.54) is 0 Å². The molecule has 8 heteroatoms. The second-order valence-electron chi connectivity index (χ2n) is 5.81. The Morgan fingerprint density at radius 3 is 2.31 bits per heavy atom. The van der Waals surface area contributed by atoms with Gasteiger partial charge in [0.15, 0.2) is 11.6 Å². The molecule has 2 aromatic carbocycles. The highest BCUT2D eigenvalue weighted by atomic mass is 32.2. The van der Waals surface area contributed by atoms with Gasteiger partial charge in [-0.2, -0.15) is 0 Å². The number of nitrogens with one attached hydrogen (secondary N) is 1. The van der Waals surface area contributed by atoms with E-state index in [-0.39, 0.29) is 11.7 Å². The van der Waals surface area contributed by atoms with E-state index in [1.54, 1.807) is 0 Å². The fraction of sp³-hybridized carbons (Fsp3) is 0.278. The minimum absolute atomic E-state index is 0.116. The maximum Gasteiger partial charge on any atom is 0.241 e. The van der Waals surface area contributed by atoms with Gasteiger partial charge in [0.1, 0.15) is 6.54 Å². The van der Waals surface area contributed by atoms with Crippen LogP contribution in [0.4, 0.5) is 14.5 Å². The third-order valence-electron chi connectivity index (χ3n) is 3.82. The highest BCUT2D eigenvalue weighted by molar-refractivity contribution is 7.92. The first-order valence-electron chi connectivity index (χ1n) is 7.99. The molecule has 2 rings (SSSR count). The molecule has 0 saturated heterocycles. The van der Waals surface area contributed by atoms with Crippen LogP contribution in [-0.2, 0) is 14.8 Å². The predicted molar refractivity (Wildman–Crippen MR) is 96.2 cm³/mol. The SMILES string of the molecule is CCC(NC(=O)CN(c1ccc(F)c(F)c1)S(C)(=O)=O)c1ccccc1. The lowest BCUT2D eigenvalue weighted by Gasteiger charge is -2.24. The number of hydrogen-bond acceptors (Lipinski definition) is 3. The topological polar surface area (TPSA) is 66.5 Å². The molecule has 5 nitrogen and oxygen atoms in total. The summed E-state index contributed by atoms with van der Waals surface area (Å²) >= 11 is 0. The molecule has 2 aromatic rings. The summed E-state index contributed by atoms with van der Waals surface area (Å²) in [7, 11) is -3.87. The van der Waals surface area contributed by atoms with Crippen LogP contribution in [0.15, 0.2) is 48.5 Å². The van der Waals surface area contributed by atoms with Crippen LogP contribution in [-0.4, -0.2) is 27.1 Å². The number of benzene rings is 2. The van der Waals surface area contributed by atoms with E-state index in [9.17, 15) is 22.0 Å². The first-order valence-corrected chi connectivity index (χ1v) is 9.84. The maximum atomic E-state index is 13.5. The molecule has 1 atom stereocenters. The fourth-order valence-corrected chi connectivity index (χ4v) is 3.37. The Balaban J connectivity index is 2.20. The van der Waals surface area contributed by atoms with Gasteiger partial charge < -0.3 is 5.32 Å². The second kappa shape index (κ2) is 8.27. The number of nitrogens with zero attached hydrogens (tertiary/aromatic N) is 1. The summed E-state index contributed by atoms with van der Waals surface area (Å²) in [6.45, 7) is 1.36. The van der Waals surface area contributed by atoms with E-state index >= 15 is 0 Å². The number of hydrogen-bond donors (Lipinski definition) is 1. The average molecular weight is 382 g/mol. The number of rotatable bonds is 7. The molecule has 1 unspecified atom stereocenters. The molecule has 0 radical (unpaired) electrons. The average Bonchev–Trinajstić information content (AvgIpc) is 2.60. The van der Waals surface area contributed by atoms with E-state index in [1.807, 2.05) is 37.3 Å². The summed E-state index contributed by atoms with van der Waals surface area (Å²) in [5, 5.41) is 2.77. The lowest BCUT2D eigenvalue weighted by Crippen LogP contribution is -2.41. The van der Waals surface area contributed by atoms with Crippen LogP contribution in [0.2, 0.25) is 0 Å². The van der Waals surface area contributed by atoms with E-state index in [2.05, 4.69) is 5.32 Å². The minimum Gasteiger partial charge on any atom is -0.348 e. The molecule has 0 fully saturated rings. The second-order valence-corrected chi connectivity index (χ2v) is 7.71. The Kier molecular flexibility index (Phi) is 6.31. The van der Waals surface area contributed by atoms with Crippen LogP contribution in [0.5, 0.6) is 0 Å². The van der Waals surface area contributed by atoms with Crippen LogP contribution in [0, 0.1) is 11.6 Å². The third kappa shape index (κ3) is 5.01. The molecule has 0 aliphatic rings. The normalized spacial score (nSPS) is 12.5. The molecule has 0 aromatic heterocycles. The van der Waals surface area contributed by atoms with E-state index in [4.69, 9.17) is 0 Å². The largest absolute Gasteiger partial charge is 0.348 e. The van der Waals surface area contributed by atoms with E-state index < -0.39 is 34.1 Å². The van der Waals surface area contributed by atoms with Crippen molar-refractivity contribution in [3.8, 4) is 0 Å². The Hall–Kier alpha value is -2.48. The van der Waals surface area contributed by atoms with Crippen LogP contribution in [0.1, 0.15) is 24.9 Å². The van der Waals surface area contributed by atoms with Crippen molar-refractivity contribution < 1.29 is 22.0 Å². The first-order chi connectivity index (χ1) is 12.2. The summed E-state index contributed by atoms with van der Waals surface area (Å²) in [6.07, 6.45) is 1.51. The molecule has 0 saturated carbocycles. The van der Waals surface area contributed by atoms with Gasteiger partial charge in [0.2, 0.25) is 15.9 Å². The van der Waals surface area contributed by atoms with Crippen molar-refractivity contribution >= 4 is 21.6 Å². The Morgan fingerprint density at radius 2 is 1.77 bits per heavy atom. The molecule has 1 amide bonds. The molecule has 0 aliphatic carbocycles. The highest BCUT2D eigenvalue weighted by Gasteiger charge is 2.23. The van der Waals surface area contributed by atoms with Gasteiger partial charge in [-0.25, -0.2) is 17.2 Å². The van der Waals surface area contributed by atoms with Gasteiger partial charge in [-0.15, -0.1) is 0 Å². The van der Waals surface area contributed by atoms with Crippen molar-refractivity contribution in [2.45, 2.75) is 19.4 Å². The van der Waals surface area contributed by atoms with Crippen molar-refractivity contribution in [3.05, 3.63) is 65.7 Å². The summed E-state index contributed by atoms with van der Waals surface area (Å²) in [5.41, 5.74) is 0.774. The molecule has 0 aliphatic heterocycles. The maximum absolute atomic E-state index is 13.5. The first kappa shape index (κ1) is 19.8.